The first kappa shape index (κ1) is 17.2. The van der Waals surface area contributed by atoms with E-state index in [4.69, 9.17) is 9.47 Å². The SMILES string of the molecule is COc1c(O)ccc(C=NNC(=O)OC(C)(C)C)c1[N+](=O)[O-]. The number of hydrogen-bond acceptors (Lipinski definition) is 7. The Morgan fingerprint density at radius 1 is 1.45 bits per heavy atom. The normalized spacial score (nSPS) is 11.3. The molecule has 0 unspecified atom stereocenters. The van der Waals surface area contributed by atoms with E-state index in [9.17, 15) is 20.0 Å². The molecule has 9 heteroatoms. The number of nitrogens with one attached hydrogen (secondary N) is 1. The van der Waals surface area contributed by atoms with E-state index in [1.807, 2.05) is 0 Å². The second-order valence-electron chi connectivity index (χ2n) is 5.18. The van der Waals surface area contributed by atoms with Crippen LogP contribution in [-0.4, -0.2) is 35.0 Å². The van der Waals surface area contributed by atoms with Crippen LogP contribution in [0.2, 0.25) is 0 Å². The molecule has 0 aliphatic heterocycles. The third-order valence-electron chi connectivity index (χ3n) is 2.29. The highest BCUT2D eigenvalue weighted by molar-refractivity contribution is 5.88. The molecule has 0 saturated carbocycles. The van der Waals surface area contributed by atoms with Gasteiger partial charge in [0.1, 0.15) is 5.60 Å². The fraction of sp³-hybridized carbons (Fsp3) is 0.385. The Labute approximate surface area is 126 Å². The van der Waals surface area contributed by atoms with Gasteiger partial charge in [-0.3, -0.25) is 10.1 Å². The quantitative estimate of drug-likeness (QED) is 0.499. The van der Waals surface area contributed by atoms with Gasteiger partial charge in [-0.05, 0) is 32.9 Å². The molecule has 1 aromatic rings. The number of phenolic OH excluding ortho intramolecular Hbond substituents is 1. The van der Waals surface area contributed by atoms with Gasteiger partial charge in [0.15, 0.2) is 5.75 Å². The Balaban J connectivity index is 2.97. The largest absolute Gasteiger partial charge is 0.504 e. The molecule has 2 N–H and O–H groups in total. The summed E-state index contributed by atoms with van der Waals surface area (Å²) in [6.45, 7) is 5.06. The highest BCUT2D eigenvalue weighted by Crippen LogP contribution is 2.37. The summed E-state index contributed by atoms with van der Waals surface area (Å²) >= 11 is 0. The summed E-state index contributed by atoms with van der Waals surface area (Å²) < 4.78 is 9.76. The van der Waals surface area contributed by atoms with E-state index in [0.29, 0.717) is 0 Å². The fourth-order valence-electron chi connectivity index (χ4n) is 1.52. The molecule has 120 valence electrons. The molecule has 1 aromatic carbocycles. The van der Waals surface area contributed by atoms with Crippen molar-refractivity contribution >= 4 is 18.0 Å². The van der Waals surface area contributed by atoms with Gasteiger partial charge in [-0.2, -0.15) is 5.10 Å². The summed E-state index contributed by atoms with van der Waals surface area (Å²) in [6.07, 6.45) is 0.265. The molecule has 1 rings (SSSR count). The van der Waals surface area contributed by atoms with Crippen molar-refractivity contribution in [2.75, 3.05) is 7.11 Å². The first-order chi connectivity index (χ1) is 10.2. The van der Waals surface area contributed by atoms with Gasteiger partial charge in [-0.1, -0.05) is 0 Å². The van der Waals surface area contributed by atoms with E-state index in [1.165, 1.54) is 19.2 Å². The predicted octanol–water partition coefficient (Wildman–Crippen LogP) is 2.17. The number of aromatic hydroxyl groups is 1. The zero-order valence-electron chi connectivity index (χ0n) is 12.6. The van der Waals surface area contributed by atoms with Crippen LogP contribution in [0.3, 0.4) is 0 Å². The zero-order valence-corrected chi connectivity index (χ0v) is 12.6. The summed E-state index contributed by atoms with van der Waals surface area (Å²) in [4.78, 5) is 21.8. The minimum Gasteiger partial charge on any atom is -0.504 e. The van der Waals surface area contributed by atoms with Gasteiger partial charge in [0, 0.05) is 0 Å². The molecule has 0 aliphatic carbocycles. The number of methoxy groups -OCH3 is 1. The van der Waals surface area contributed by atoms with Crippen LogP contribution in [0.4, 0.5) is 10.5 Å². The standard InChI is InChI=1S/C13H17N3O6/c1-13(2,3)22-12(18)15-14-7-8-5-6-9(17)11(21-4)10(8)16(19)20/h5-7,17H,1-4H3,(H,15,18). The van der Waals surface area contributed by atoms with Crippen LogP contribution in [0.1, 0.15) is 26.3 Å². The molecular formula is C13H17N3O6. The molecule has 0 spiro atoms. The number of nitro groups is 1. The average molecular weight is 311 g/mol. The van der Waals surface area contributed by atoms with Crippen molar-refractivity contribution in [1.82, 2.24) is 5.43 Å². The third-order valence-corrected chi connectivity index (χ3v) is 2.29. The molecule has 0 heterocycles. The van der Waals surface area contributed by atoms with E-state index in [-0.39, 0.29) is 17.1 Å². The molecule has 0 aromatic heterocycles. The maximum atomic E-state index is 11.4. The summed E-state index contributed by atoms with van der Waals surface area (Å²) in [5, 5.41) is 24.2. The van der Waals surface area contributed by atoms with Gasteiger partial charge >= 0.3 is 11.8 Å². The predicted molar refractivity (Wildman–Crippen MR) is 78.3 cm³/mol. The number of amides is 1. The first-order valence-electron chi connectivity index (χ1n) is 6.22. The van der Waals surface area contributed by atoms with Crippen molar-refractivity contribution < 1.29 is 24.3 Å². The van der Waals surface area contributed by atoms with Gasteiger partial charge in [0.05, 0.1) is 23.8 Å². The Hall–Kier alpha value is -2.84. The Bertz CT molecular complexity index is 607. The van der Waals surface area contributed by atoms with Gasteiger partial charge in [0.2, 0.25) is 5.75 Å². The molecule has 0 atom stereocenters. The first-order valence-corrected chi connectivity index (χ1v) is 6.22. The maximum Gasteiger partial charge on any atom is 0.428 e. The highest BCUT2D eigenvalue weighted by atomic mass is 16.6. The molecule has 0 saturated heterocycles. The lowest BCUT2D eigenvalue weighted by molar-refractivity contribution is -0.386. The molecular weight excluding hydrogens is 294 g/mol. The highest BCUT2D eigenvalue weighted by Gasteiger charge is 2.23. The molecule has 0 radical (unpaired) electrons. The zero-order chi connectivity index (χ0) is 16.9. The minimum atomic E-state index is -0.794. The Morgan fingerprint density at radius 3 is 2.59 bits per heavy atom. The van der Waals surface area contributed by atoms with E-state index >= 15 is 0 Å². The number of benzene rings is 1. The molecule has 0 fully saturated rings. The monoisotopic (exact) mass is 311 g/mol. The van der Waals surface area contributed by atoms with Crippen LogP contribution < -0.4 is 10.2 Å². The van der Waals surface area contributed by atoms with Gasteiger partial charge in [0.25, 0.3) is 0 Å². The smallest absolute Gasteiger partial charge is 0.428 e. The number of carbonyl (C=O) groups is 1. The van der Waals surface area contributed by atoms with Gasteiger partial charge < -0.3 is 14.6 Å². The third kappa shape index (κ3) is 4.62. The van der Waals surface area contributed by atoms with E-state index in [0.717, 1.165) is 6.21 Å². The molecule has 0 aliphatic rings. The number of hydrazone groups is 1. The van der Waals surface area contributed by atoms with Crippen LogP contribution in [0.15, 0.2) is 17.2 Å². The van der Waals surface area contributed by atoms with Crippen molar-refractivity contribution in [3.8, 4) is 11.5 Å². The van der Waals surface area contributed by atoms with E-state index < -0.39 is 22.3 Å². The molecule has 0 bridgehead atoms. The molecule has 9 nitrogen and oxygen atoms in total. The van der Waals surface area contributed by atoms with E-state index in [2.05, 4.69) is 10.5 Å². The van der Waals surface area contributed by atoms with Crippen LogP contribution >= 0.6 is 0 Å². The number of carbonyl (C=O) groups excluding carboxylic acids is 1. The van der Waals surface area contributed by atoms with Crippen molar-refractivity contribution in [2.45, 2.75) is 26.4 Å². The number of ether oxygens (including phenoxy) is 2. The summed E-state index contributed by atoms with van der Waals surface area (Å²) in [5.41, 5.74) is 0.992. The Kier molecular flexibility index (Phi) is 5.28. The van der Waals surface area contributed by atoms with Crippen LogP contribution in [0, 0.1) is 10.1 Å². The number of nitrogens with zero attached hydrogens (tertiary/aromatic N) is 2. The van der Waals surface area contributed by atoms with Crippen LogP contribution in [0.5, 0.6) is 11.5 Å². The summed E-state index contributed by atoms with van der Waals surface area (Å²) in [6, 6.07) is 2.50. The van der Waals surface area contributed by atoms with Crippen molar-refractivity contribution in [2.24, 2.45) is 5.10 Å². The lowest BCUT2D eigenvalue weighted by Gasteiger charge is -2.18. The van der Waals surface area contributed by atoms with Crippen molar-refractivity contribution in [1.29, 1.82) is 0 Å². The molecule has 22 heavy (non-hydrogen) atoms. The summed E-state index contributed by atoms with van der Waals surface area (Å²) in [7, 11) is 1.20. The van der Waals surface area contributed by atoms with Crippen LogP contribution in [-0.2, 0) is 4.74 Å². The van der Waals surface area contributed by atoms with Gasteiger partial charge in [-0.25, -0.2) is 10.2 Å². The number of nitro benzene ring substituents is 1. The fourth-order valence-corrected chi connectivity index (χ4v) is 1.52. The average Bonchev–Trinajstić information content (AvgIpc) is 2.37. The Morgan fingerprint density at radius 2 is 2.09 bits per heavy atom. The second kappa shape index (κ2) is 6.74. The maximum absolute atomic E-state index is 11.4. The minimum absolute atomic E-state index is 0.0516. The second-order valence-corrected chi connectivity index (χ2v) is 5.18. The number of hydrogen-bond donors (Lipinski definition) is 2. The lowest BCUT2D eigenvalue weighted by atomic mass is 10.1. The lowest BCUT2D eigenvalue weighted by Crippen LogP contribution is -2.29. The molecule has 1 amide bonds. The van der Waals surface area contributed by atoms with Crippen LogP contribution in [0.25, 0.3) is 0 Å². The number of phenols is 1. The van der Waals surface area contributed by atoms with Gasteiger partial charge in [-0.15, -0.1) is 0 Å². The van der Waals surface area contributed by atoms with Crippen molar-refractivity contribution in [3.05, 3.63) is 27.8 Å². The summed E-state index contributed by atoms with van der Waals surface area (Å²) in [5.74, 6) is -0.655. The van der Waals surface area contributed by atoms with E-state index in [1.54, 1.807) is 20.8 Å². The van der Waals surface area contributed by atoms with Crippen molar-refractivity contribution in [3.63, 3.8) is 0 Å². The number of rotatable bonds is 4. The topological polar surface area (TPSA) is 123 Å².